The lowest BCUT2D eigenvalue weighted by atomic mass is 10.1. The molecule has 0 aromatic heterocycles. The van der Waals surface area contributed by atoms with Crippen LogP contribution in [0.3, 0.4) is 0 Å². The van der Waals surface area contributed by atoms with Gasteiger partial charge in [0.2, 0.25) is 0 Å². The molecule has 2 aromatic rings. The highest BCUT2D eigenvalue weighted by atomic mass is 19.1. The van der Waals surface area contributed by atoms with Crippen LogP contribution < -0.4 is 4.74 Å². The van der Waals surface area contributed by atoms with E-state index in [4.69, 9.17) is 9.84 Å². The molecule has 0 bridgehead atoms. The Kier molecular flexibility index (Phi) is 3.28. The minimum Gasteiger partial charge on any atom is -0.478 e. The molecule has 0 saturated heterocycles. The van der Waals surface area contributed by atoms with E-state index in [0.29, 0.717) is 11.3 Å². The van der Waals surface area contributed by atoms with Crippen LogP contribution in [-0.4, -0.2) is 11.1 Å². The van der Waals surface area contributed by atoms with Gasteiger partial charge in [0.1, 0.15) is 5.75 Å². The number of aromatic carboxylic acids is 1. The summed E-state index contributed by atoms with van der Waals surface area (Å²) in [6.07, 6.45) is 0. The Morgan fingerprint density at radius 1 is 1.22 bits per heavy atom. The summed E-state index contributed by atoms with van der Waals surface area (Å²) in [7, 11) is 0. The number of halogens is 1. The molecule has 0 radical (unpaired) electrons. The fraction of sp³-hybridized carbons (Fsp3) is 0.0714. The van der Waals surface area contributed by atoms with Gasteiger partial charge in [-0.2, -0.15) is 0 Å². The summed E-state index contributed by atoms with van der Waals surface area (Å²) < 4.78 is 18.7. The van der Waals surface area contributed by atoms with Crippen molar-refractivity contribution in [3.8, 4) is 11.5 Å². The third-order valence-electron chi connectivity index (χ3n) is 2.49. The van der Waals surface area contributed by atoms with Gasteiger partial charge in [0, 0.05) is 0 Å². The number of hydrogen-bond donors (Lipinski definition) is 1. The standard InChI is InChI=1S/C14H11FO3/c1-9-8-10(6-7-11(9)14(16)17)18-13-5-3-2-4-12(13)15/h2-8H,1H3,(H,16,17). The van der Waals surface area contributed by atoms with Crippen LogP contribution in [0.15, 0.2) is 42.5 Å². The van der Waals surface area contributed by atoms with Gasteiger partial charge in [-0.25, -0.2) is 9.18 Å². The van der Waals surface area contributed by atoms with E-state index in [1.165, 1.54) is 24.3 Å². The molecule has 4 heteroatoms. The Hall–Kier alpha value is -2.36. The number of ether oxygens (including phenoxy) is 1. The Labute approximate surface area is 103 Å². The molecule has 0 aliphatic carbocycles. The summed E-state index contributed by atoms with van der Waals surface area (Å²) in [4.78, 5) is 10.8. The lowest BCUT2D eigenvalue weighted by molar-refractivity contribution is 0.0696. The molecular formula is C14H11FO3. The molecule has 0 unspecified atom stereocenters. The van der Waals surface area contributed by atoms with E-state index in [0.717, 1.165) is 0 Å². The number of carboxylic acid groups (broad SMARTS) is 1. The monoisotopic (exact) mass is 246 g/mol. The Morgan fingerprint density at radius 2 is 1.94 bits per heavy atom. The number of hydrogen-bond acceptors (Lipinski definition) is 2. The number of benzene rings is 2. The predicted molar refractivity (Wildman–Crippen MR) is 64.6 cm³/mol. The SMILES string of the molecule is Cc1cc(Oc2ccccc2F)ccc1C(=O)O. The molecule has 0 saturated carbocycles. The minimum absolute atomic E-state index is 0.111. The molecule has 1 N–H and O–H groups in total. The third-order valence-corrected chi connectivity index (χ3v) is 2.49. The fourth-order valence-corrected chi connectivity index (χ4v) is 1.59. The highest BCUT2D eigenvalue weighted by Crippen LogP contribution is 2.25. The predicted octanol–water partition coefficient (Wildman–Crippen LogP) is 3.62. The van der Waals surface area contributed by atoms with Crippen molar-refractivity contribution in [3.05, 3.63) is 59.4 Å². The highest BCUT2D eigenvalue weighted by Gasteiger charge is 2.09. The fourth-order valence-electron chi connectivity index (χ4n) is 1.59. The van der Waals surface area contributed by atoms with Crippen LogP contribution in [0.5, 0.6) is 11.5 Å². The van der Waals surface area contributed by atoms with E-state index in [2.05, 4.69) is 0 Å². The summed E-state index contributed by atoms with van der Waals surface area (Å²) >= 11 is 0. The van der Waals surface area contributed by atoms with Crippen molar-refractivity contribution >= 4 is 5.97 Å². The molecule has 0 spiro atoms. The molecule has 0 aliphatic rings. The average Bonchev–Trinajstić information content (AvgIpc) is 2.32. The van der Waals surface area contributed by atoms with Crippen LogP contribution in [0.4, 0.5) is 4.39 Å². The molecule has 0 fully saturated rings. The summed E-state index contributed by atoms with van der Waals surface area (Å²) in [5, 5.41) is 8.89. The van der Waals surface area contributed by atoms with Crippen LogP contribution in [0.25, 0.3) is 0 Å². The Bertz CT molecular complexity index is 593. The molecular weight excluding hydrogens is 235 g/mol. The van der Waals surface area contributed by atoms with E-state index < -0.39 is 11.8 Å². The molecule has 0 atom stereocenters. The van der Waals surface area contributed by atoms with E-state index >= 15 is 0 Å². The summed E-state index contributed by atoms with van der Waals surface area (Å²) in [5.74, 6) is -0.940. The Morgan fingerprint density at radius 3 is 2.56 bits per heavy atom. The van der Waals surface area contributed by atoms with Crippen molar-refractivity contribution in [2.24, 2.45) is 0 Å². The van der Waals surface area contributed by atoms with Crippen LogP contribution in [0, 0.1) is 12.7 Å². The van der Waals surface area contributed by atoms with Crippen LogP contribution in [0.1, 0.15) is 15.9 Å². The van der Waals surface area contributed by atoms with Gasteiger partial charge in [0.25, 0.3) is 0 Å². The highest BCUT2D eigenvalue weighted by molar-refractivity contribution is 5.89. The Balaban J connectivity index is 2.29. The zero-order valence-corrected chi connectivity index (χ0v) is 9.68. The number of aryl methyl sites for hydroxylation is 1. The molecule has 3 nitrogen and oxygen atoms in total. The summed E-state index contributed by atoms with van der Waals surface area (Å²) in [6.45, 7) is 1.66. The zero-order valence-electron chi connectivity index (χ0n) is 9.68. The van der Waals surface area contributed by atoms with Gasteiger partial charge in [-0.05, 0) is 42.8 Å². The van der Waals surface area contributed by atoms with Gasteiger partial charge in [0.15, 0.2) is 11.6 Å². The topological polar surface area (TPSA) is 46.5 Å². The minimum atomic E-state index is -0.995. The van der Waals surface area contributed by atoms with Crippen molar-refractivity contribution in [3.63, 3.8) is 0 Å². The van der Waals surface area contributed by atoms with Gasteiger partial charge in [-0.15, -0.1) is 0 Å². The van der Waals surface area contributed by atoms with Crippen molar-refractivity contribution in [2.45, 2.75) is 6.92 Å². The molecule has 0 aliphatic heterocycles. The van der Waals surface area contributed by atoms with Crippen LogP contribution in [0.2, 0.25) is 0 Å². The third kappa shape index (κ3) is 2.48. The van der Waals surface area contributed by atoms with Crippen molar-refractivity contribution < 1.29 is 19.0 Å². The van der Waals surface area contributed by atoms with E-state index in [1.54, 1.807) is 25.1 Å². The molecule has 92 valence electrons. The molecule has 2 rings (SSSR count). The number of carboxylic acids is 1. The lowest BCUT2D eigenvalue weighted by Crippen LogP contribution is -1.99. The number of rotatable bonds is 3. The van der Waals surface area contributed by atoms with Crippen molar-refractivity contribution in [1.82, 2.24) is 0 Å². The lowest BCUT2D eigenvalue weighted by Gasteiger charge is -2.08. The maximum absolute atomic E-state index is 13.4. The summed E-state index contributed by atoms with van der Waals surface area (Å²) in [6, 6.07) is 10.5. The van der Waals surface area contributed by atoms with Gasteiger partial charge in [0.05, 0.1) is 5.56 Å². The first-order valence-electron chi connectivity index (χ1n) is 5.34. The van der Waals surface area contributed by atoms with Gasteiger partial charge < -0.3 is 9.84 Å². The van der Waals surface area contributed by atoms with Gasteiger partial charge >= 0.3 is 5.97 Å². The first-order valence-corrected chi connectivity index (χ1v) is 5.34. The summed E-state index contributed by atoms with van der Waals surface area (Å²) in [5.41, 5.74) is 0.771. The second-order valence-corrected chi connectivity index (χ2v) is 3.81. The van der Waals surface area contributed by atoms with Gasteiger partial charge in [-0.3, -0.25) is 0 Å². The van der Waals surface area contributed by atoms with Crippen molar-refractivity contribution in [1.29, 1.82) is 0 Å². The second-order valence-electron chi connectivity index (χ2n) is 3.81. The molecule has 0 heterocycles. The molecule has 2 aromatic carbocycles. The maximum atomic E-state index is 13.4. The maximum Gasteiger partial charge on any atom is 0.335 e. The normalized spacial score (nSPS) is 10.1. The van der Waals surface area contributed by atoms with E-state index in [9.17, 15) is 9.18 Å². The largest absolute Gasteiger partial charge is 0.478 e. The first-order chi connectivity index (χ1) is 8.58. The zero-order chi connectivity index (χ0) is 13.1. The van der Waals surface area contributed by atoms with Crippen LogP contribution in [-0.2, 0) is 0 Å². The molecule has 0 amide bonds. The number of carbonyl (C=O) groups is 1. The van der Waals surface area contributed by atoms with E-state index in [-0.39, 0.29) is 11.3 Å². The quantitative estimate of drug-likeness (QED) is 0.899. The van der Waals surface area contributed by atoms with Gasteiger partial charge in [-0.1, -0.05) is 12.1 Å². The second kappa shape index (κ2) is 4.87. The first kappa shape index (κ1) is 12.1. The average molecular weight is 246 g/mol. The van der Waals surface area contributed by atoms with Crippen molar-refractivity contribution in [2.75, 3.05) is 0 Å². The van der Waals surface area contributed by atoms with E-state index in [1.807, 2.05) is 0 Å². The smallest absolute Gasteiger partial charge is 0.335 e. The number of para-hydroxylation sites is 1. The van der Waals surface area contributed by atoms with Crippen LogP contribution >= 0.6 is 0 Å². The molecule has 18 heavy (non-hydrogen) atoms.